The van der Waals surface area contributed by atoms with Crippen molar-refractivity contribution in [3.63, 3.8) is 0 Å². The standard InChI is InChI=1S/C16H14F3N3O2/c1-10(13-7-4-8-24-13)20-14(23)9-22-12-6-3-2-5-11(12)21-15(22)16(17,18)19/h2-8,10H,9H2,1H3,(H,20,23)/t10-/m1/s1. The molecule has 3 rings (SSSR count). The summed E-state index contributed by atoms with van der Waals surface area (Å²) in [6, 6.07) is 9.08. The van der Waals surface area contributed by atoms with Crippen LogP contribution in [0.25, 0.3) is 11.0 Å². The summed E-state index contributed by atoms with van der Waals surface area (Å²) in [6.07, 6.45) is -3.19. The van der Waals surface area contributed by atoms with Crippen LogP contribution in [0.15, 0.2) is 47.1 Å². The lowest BCUT2D eigenvalue weighted by Crippen LogP contribution is -2.31. The average Bonchev–Trinajstić information content (AvgIpc) is 3.15. The molecule has 0 aliphatic carbocycles. The van der Waals surface area contributed by atoms with Gasteiger partial charge in [0, 0.05) is 0 Å². The van der Waals surface area contributed by atoms with Crippen LogP contribution in [-0.2, 0) is 17.5 Å². The van der Waals surface area contributed by atoms with E-state index in [4.69, 9.17) is 4.42 Å². The van der Waals surface area contributed by atoms with Crippen LogP contribution in [0.4, 0.5) is 13.2 Å². The summed E-state index contributed by atoms with van der Waals surface area (Å²) < 4.78 is 45.6. The number of rotatable bonds is 4. The first-order valence-corrected chi connectivity index (χ1v) is 7.21. The molecule has 0 spiro atoms. The average molecular weight is 337 g/mol. The number of benzene rings is 1. The number of nitrogens with one attached hydrogen (secondary N) is 1. The Bertz CT molecular complexity index is 853. The summed E-state index contributed by atoms with van der Waals surface area (Å²) in [7, 11) is 0. The fourth-order valence-electron chi connectivity index (χ4n) is 2.49. The summed E-state index contributed by atoms with van der Waals surface area (Å²) in [5.74, 6) is -1.13. The van der Waals surface area contributed by atoms with E-state index >= 15 is 0 Å². The molecular formula is C16H14F3N3O2. The minimum absolute atomic E-state index is 0.191. The van der Waals surface area contributed by atoms with Crippen molar-refractivity contribution in [1.82, 2.24) is 14.9 Å². The highest BCUT2D eigenvalue weighted by molar-refractivity contribution is 5.81. The van der Waals surface area contributed by atoms with Crippen molar-refractivity contribution in [1.29, 1.82) is 0 Å². The Morgan fingerprint density at radius 1 is 1.29 bits per heavy atom. The first kappa shape index (κ1) is 16.1. The maximum Gasteiger partial charge on any atom is 0.449 e. The highest BCUT2D eigenvalue weighted by Gasteiger charge is 2.38. The third-order valence-electron chi connectivity index (χ3n) is 3.56. The second-order valence-corrected chi connectivity index (χ2v) is 5.31. The minimum Gasteiger partial charge on any atom is -0.467 e. The van der Waals surface area contributed by atoms with Crippen LogP contribution in [0, 0.1) is 0 Å². The molecule has 5 nitrogen and oxygen atoms in total. The molecule has 1 amide bonds. The molecule has 0 aliphatic heterocycles. The molecule has 126 valence electrons. The second-order valence-electron chi connectivity index (χ2n) is 5.31. The number of carbonyl (C=O) groups is 1. The van der Waals surface area contributed by atoms with Gasteiger partial charge in [-0.05, 0) is 31.2 Å². The maximum absolute atomic E-state index is 13.2. The van der Waals surface area contributed by atoms with Crippen molar-refractivity contribution in [2.24, 2.45) is 0 Å². The lowest BCUT2D eigenvalue weighted by Gasteiger charge is -2.14. The molecular weight excluding hydrogens is 323 g/mol. The van der Waals surface area contributed by atoms with E-state index < -0.39 is 30.5 Å². The van der Waals surface area contributed by atoms with E-state index in [9.17, 15) is 18.0 Å². The summed E-state index contributed by atoms with van der Waals surface area (Å²) in [4.78, 5) is 15.8. The number of fused-ring (bicyclic) bond motifs is 1. The van der Waals surface area contributed by atoms with Gasteiger partial charge >= 0.3 is 6.18 Å². The van der Waals surface area contributed by atoms with Crippen LogP contribution in [0.2, 0.25) is 0 Å². The molecule has 0 bridgehead atoms. The smallest absolute Gasteiger partial charge is 0.449 e. The fraction of sp³-hybridized carbons (Fsp3) is 0.250. The first-order chi connectivity index (χ1) is 11.4. The van der Waals surface area contributed by atoms with E-state index in [1.807, 2.05) is 0 Å². The number of aromatic nitrogens is 2. The van der Waals surface area contributed by atoms with Crippen LogP contribution in [0.1, 0.15) is 24.6 Å². The highest BCUT2D eigenvalue weighted by atomic mass is 19.4. The Morgan fingerprint density at radius 3 is 2.71 bits per heavy atom. The molecule has 0 saturated carbocycles. The Hall–Kier alpha value is -2.77. The van der Waals surface area contributed by atoms with Gasteiger partial charge in [-0.2, -0.15) is 13.2 Å². The van der Waals surface area contributed by atoms with Crippen LogP contribution in [0.5, 0.6) is 0 Å². The quantitative estimate of drug-likeness (QED) is 0.792. The van der Waals surface area contributed by atoms with Crippen molar-refractivity contribution in [3.05, 3.63) is 54.2 Å². The van der Waals surface area contributed by atoms with Gasteiger partial charge in [-0.25, -0.2) is 4.98 Å². The van der Waals surface area contributed by atoms with Crippen LogP contribution in [0.3, 0.4) is 0 Å². The van der Waals surface area contributed by atoms with E-state index in [-0.39, 0.29) is 11.0 Å². The van der Waals surface area contributed by atoms with E-state index in [1.54, 1.807) is 31.2 Å². The lowest BCUT2D eigenvalue weighted by molar-refractivity contribution is -0.147. The van der Waals surface area contributed by atoms with Gasteiger partial charge in [0.05, 0.1) is 23.3 Å². The molecule has 0 saturated heterocycles. The number of furan rings is 1. The molecule has 2 aromatic heterocycles. The van der Waals surface area contributed by atoms with E-state index in [2.05, 4.69) is 10.3 Å². The van der Waals surface area contributed by atoms with Gasteiger partial charge in [0.2, 0.25) is 11.7 Å². The molecule has 3 aromatic rings. The van der Waals surface area contributed by atoms with E-state index in [0.717, 1.165) is 4.57 Å². The van der Waals surface area contributed by atoms with Crippen molar-refractivity contribution in [2.45, 2.75) is 25.7 Å². The minimum atomic E-state index is -4.65. The topological polar surface area (TPSA) is 60.1 Å². The van der Waals surface area contributed by atoms with Gasteiger partial charge in [0.25, 0.3) is 0 Å². The molecule has 0 radical (unpaired) electrons. The number of imidazole rings is 1. The lowest BCUT2D eigenvalue weighted by atomic mass is 10.2. The Labute approximate surface area is 135 Å². The van der Waals surface area contributed by atoms with E-state index in [1.165, 1.54) is 18.4 Å². The fourth-order valence-corrected chi connectivity index (χ4v) is 2.49. The van der Waals surface area contributed by atoms with E-state index in [0.29, 0.717) is 5.76 Å². The van der Waals surface area contributed by atoms with Crippen LogP contribution in [-0.4, -0.2) is 15.5 Å². The number of amides is 1. The molecule has 0 aliphatic rings. The van der Waals surface area contributed by atoms with Crippen LogP contribution < -0.4 is 5.32 Å². The Morgan fingerprint density at radius 2 is 2.04 bits per heavy atom. The number of carbonyl (C=O) groups excluding carboxylic acids is 1. The van der Waals surface area contributed by atoms with Crippen molar-refractivity contribution in [2.75, 3.05) is 0 Å². The molecule has 0 fully saturated rings. The van der Waals surface area contributed by atoms with Crippen LogP contribution >= 0.6 is 0 Å². The number of alkyl halides is 3. The summed E-state index contributed by atoms with van der Waals surface area (Å²) in [5, 5.41) is 2.62. The van der Waals surface area contributed by atoms with Gasteiger partial charge in [-0.15, -0.1) is 0 Å². The maximum atomic E-state index is 13.2. The predicted octanol–water partition coefficient (Wildman–Crippen LogP) is 3.53. The van der Waals surface area contributed by atoms with Gasteiger partial charge < -0.3 is 14.3 Å². The number of halogens is 3. The van der Waals surface area contributed by atoms with Crippen molar-refractivity contribution in [3.8, 4) is 0 Å². The number of hydrogen-bond acceptors (Lipinski definition) is 3. The van der Waals surface area contributed by atoms with Gasteiger partial charge in [0.15, 0.2) is 0 Å². The number of nitrogens with zero attached hydrogens (tertiary/aromatic N) is 2. The Balaban J connectivity index is 1.87. The van der Waals surface area contributed by atoms with Gasteiger partial charge in [0.1, 0.15) is 12.3 Å². The molecule has 8 heteroatoms. The largest absolute Gasteiger partial charge is 0.467 e. The predicted molar refractivity (Wildman–Crippen MR) is 80.0 cm³/mol. The normalized spacial score (nSPS) is 13.2. The molecule has 1 aromatic carbocycles. The highest BCUT2D eigenvalue weighted by Crippen LogP contribution is 2.31. The Kier molecular flexibility index (Phi) is 4.04. The summed E-state index contributed by atoms with van der Waals surface area (Å²) >= 11 is 0. The zero-order chi connectivity index (χ0) is 17.3. The van der Waals surface area contributed by atoms with Crippen molar-refractivity contribution < 1.29 is 22.4 Å². The summed E-state index contributed by atoms with van der Waals surface area (Å²) in [5.41, 5.74) is 0.447. The molecule has 2 heterocycles. The number of hydrogen-bond donors (Lipinski definition) is 1. The third-order valence-corrected chi connectivity index (χ3v) is 3.56. The monoisotopic (exact) mass is 337 g/mol. The second kappa shape index (κ2) is 6.03. The number of para-hydroxylation sites is 2. The first-order valence-electron chi connectivity index (χ1n) is 7.21. The zero-order valence-corrected chi connectivity index (χ0v) is 12.7. The summed E-state index contributed by atoms with van der Waals surface area (Å²) in [6.45, 7) is 1.20. The zero-order valence-electron chi connectivity index (χ0n) is 12.7. The molecule has 24 heavy (non-hydrogen) atoms. The molecule has 0 unspecified atom stereocenters. The SMILES string of the molecule is C[C@@H](NC(=O)Cn1c(C(F)(F)F)nc2ccccc21)c1ccco1. The third kappa shape index (κ3) is 3.12. The molecule has 1 atom stereocenters. The molecule has 1 N–H and O–H groups in total. The van der Waals surface area contributed by atoms with Crippen molar-refractivity contribution >= 4 is 16.9 Å². The van der Waals surface area contributed by atoms with Gasteiger partial charge in [-0.1, -0.05) is 12.1 Å². The van der Waals surface area contributed by atoms with Gasteiger partial charge in [-0.3, -0.25) is 4.79 Å².